The van der Waals surface area contributed by atoms with Crippen molar-refractivity contribution in [1.29, 1.82) is 0 Å². The number of nitrogens with zero attached hydrogens (tertiary/aromatic N) is 1. The summed E-state index contributed by atoms with van der Waals surface area (Å²) in [7, 11) is 0. The standard InChI is InChI=1S/C26H18ClN/c27-21-14-16-23(17-15-21)28(22-10-2-1-3-11-22)26-24-12-6-4-8-19(24)18-20-9-5-7-13-25(20)26/h1-18H. The van der Waals surface area contributed by atoms with Crippen molar-refractivity contribution in [2.24, 2.45) is 0 Å². The van der Waals surface area contributed by atoms with Crippen LogP contribution in [0.15, 0.2) is 109 Å². The molecule has 0 aliphatic carbocycles. The Morgan fingerprint density at radius 1 is 0.500 bits per heavy atom. The molecule has 0 unspecified atom stereocenters. The second-order valence-corrected chi connectivity index (χ2v) is 7.25. The molecule has 1 nitrogen and oxygen atoms in total. The average molecular weight is 380 g/mol. The molecule has 134 valence electrons. The molecule has 0 atom stereocenters. The minimum absolute atomic E-state index is 0.736. The van der Waals surface area contributed by atoms with Crippen molar-refractivity contribution in [3.05, 3.63) is 114 Å². The predicted octanol–water partition coefficient (Wildman–Crippen LogP) is 8.12. The highest BCUT2D eigenvalue weighted by molar-refractivity contribution is 6.30. The predicted molar refractivity (Wildman–Crippen MR) is 121 cm³/mol. The van der Waals surface area contributed by atoms with E-state index in [-0.39, 0.29) is 0 Å². The Morgan fingerprint density at radius 3 is 1.61 bits per heavy atom. The molecule has 0 N–H and O–H groups in total. The summed E-state index contributed by atoms with van der Waals surface area (Å²) in [6, 6.07) is 37.9. The Hall–Kier alpha value is -3.29. The summed E-state index contributed by atoms with van der Waals surface area (Å²) in [4.78, 5) is 2.32. The Kier molecular flexibility index (Phi) is 4.23. The minimum atomic E-state index is 0.736. The van der Waals surface area contributed by atoms with Gasteiger partial charge in [-0.15, -0.1) is 0 Å². The summed E-state index contributed by atoms with van der Waals surface area (Å²) in [5.74, 6) is 0. The number of rotatable bonds is 3. The van der Waals surface area contributed by atoms with Gasteiger partial charge in [0.15, 0.2) is 0 Å². The van der Waals surface area contributed by atoms with Gasteiger partial charge in [-0.3, -0.25) is 0 Å². The third-order valence-corrected chi connectivity index (χ3v) is 5.32. The van der Waals surface area contributed by atoms with E-state index in [1.54, 1.807) is 0 Å². The summed E-state index contributed by atoms with van der Waals surface area (Å²) in [6.07, 6.45) is 0. The molecule has 0 radical (unpaired) electrons. The highest BCUT2D eigenvalue weighted by Crippen LogP contribution is 2.43. The fourth-order valence-corrected chi connectivity index (χ4v) is 3.93. The first-order valence-corrected chi connectivity index (χ1v) is 9.70. The van der Waals surface area contributed by atoms with Crippen LogP contribution in [0.4, 0.5) is 17.1 Å². The number of hydrogen-bond acceptors (Lipinski definition) is 1. The van der Waals surface area contributed by atoms with E-state index < -0.39 is 0 Å². The van der Waals surface area contributed by atoms with Crippen LogP contribution >= 0.6 is 11.6 Å². The Morgan fingerprint density at radius 2 is 1.00 bits per heavy atom. The molecule has 5 aromatic carbocycles. The van der Waals surface area contributed by atoms with E-state index in [1.165, 1.54) is 27.2 Å². The maximum atomic E-state index is 6.18. The summed E-state index contributed by atoms with van der Waals surface area (Å²) in [5, 5.41) is 5.64. The van der Waals surface area contributed by atoms with Crippen LogP contribution in [0.2, 0.25) is 5.02 Å². The molecule has 0 aliphatic rings. The topological polar surface area (TPSA) is 3.24 Å². The third-order valence-electron chi connectivity index (χ3n) is 5.07. The second-order valence-electron chi connectivity index (χ2n) is 6.81. The molecular formula is C26H18ClN. The Bertz CT molecular complexity index is 1210. The summed E-state index contributed by atoms with van der Waals surface area (Å²) in [6.45, 7) is 0. The molecule has 0 saturated carbocycles. The second kappa shape index (κ2) is 7.03. The summed E-state index contributed by atoms with van der Waals surface area (Å²) in [5.41, 5.74) is 3.38. The number of benzene rings is 5. The molecule has 0 heterocycles. The first-order chi connectivity index (χ1) is 13.8. The quantitative estimate of drug-likeness (QED) is 0.286. The van der Waals surface area contributed by atoms with Crippen LogP contribution in [0, 0.1) is 0 Å². The normalized spacial score (nSPS) is 11.0. The molecule has 0 spiro atoms. The molecule has 5 rings (SSSR count). The van der Waals surface area contributed by atoms with Gasteiger partial charge in [-0.1, -0.05) is 78.3 Å². The molecule has 5 aromatic rings. The van der Waals surface area contributed by atoms with E-state index in [0.717, 1.165) is 16.4 Å². The van der Waals surface area contributed by atoms with E-state index in [1.807, 2.05) is 18.2 Å². The first-order valence-electron chi connectivity index (χ1n) is 9.32. The molecule has 0 fully saturated rings. The van der Waals surface area contributed by atoms with Crippen molar-refractivity contribution in [2.75, 3.05) is 4.90 Å². The Balaban J connectivity index is 1.91. The first kappa shape index (κ1) is 16.9. The smallest absolute Gasteiger partial charge is 0.0618 e. The van der Waals surface area contributed by atoms with Crippen molar-refractivity contribution in [2.45, 2.75) is 0 Å². The minimum Gasteiger partial charge on any atom is -0.309 e. The number of fused-ring (bicyclic) bond motifs is 2. The monoisotopic (exact) mass is 379 g/mol. The molecular weight excluding hydrogens is 362 g/mol. The van der Waals surface area contributed by atoms with Crippen LogP contribution in [0.3, 0.4) is 0 Å². The zero-order valence-electron chi connectivity index (χ0n) is 15.2. The SMILES string of the molecule is Clc1ccc(N(c2ccccc2)c2c3ccccc3cc3ccccc23)cc1. The van der Waals surface area contributed by atoms with Crippen LogP contribution in [-0.2, 0) is 0 Å². The molecule has 0 bridgehead atoms. The van der Waals surface area contributed by atoms with Crippen LogP contribution in [0.5, 0.6) is 0 Å². The van der Waals surface area contributed by atoms with Gasteiger partial charge < -0.3 is 4.90 Å². The van der Waals surface area contributed by atoms with Gasteiger partial charge in [-0.2, -0.15) is 0 Å². The zero-order valence-corrected chi connectivity index (χ0v) is 16.0. The molecule has 0 saturated heterocycles. The van der Waals surface area contributed by atoms with Gasteiger partial charge in [0.1, 0.15) is 0 Å². The fraction of sp³-hybridized carbons (Fsp3) is 0. The largest absolute Gasteiger partial charge is 0.309 e. The van der Waals surface area contributed by atoms with Crippen LogP contribution in [-0.4, -0.2) is 0 Å². The third kappa shape index (κ3) is 2.90. The average Bonchev–Trinajstić information content (AvgIpc) is 2.75. The fourth-order valence-electron chi connectivity index (χ4n) is 3.81. The highest BCUT2D eigenvalue weighted by atomic mass is 35.5. The van der Waals surface area contributed by atoms with Gasteiger partial charge in [0.05, 0.1) is 5.69 Å². The van der Waals surface area contributed by atoms with E-state index in [9.17, 15) is 0 Å². The summed E-state index contributed by atoms with van der Waals surface area (Å²) >= 11 is 6.18. The lowest BCUT2D eigenvalue weighted by Crippen LogP contribution is -2.11. The van der Waals surface area contributed by atoms with E-state index in [0.29, 0.717) is 0 Å². The highest BCUT2D eigenvalue weighted by Gasteiger charge is 2.18. The maximum absolute atomic E-state index is 6.18. The lowest BCUT2D eigenvalue weighted by atomic mass is 9.99. The lowest BCUT2D eigenvalue weighted by Gasteiger charge is -2.28. The van der Waals surface area contributed by atoms with Crippen molar-refractivity contribution in [3.63, 3.8) is 0 Å². The van der Waals surface area contributed by atoms with Crippen LogP contribution < -0.4 is 4.90 Å². The van der Waals surface area contributed by atoms with Gasteiger partial charge in [0.25, 0.3) is 0 Å². The van der Waals surface area contributed by atoms with Crippen molar-refractivity contribution in [3.8, 4) is 0 Å². The van der Waals surface area contributed by atoms with E-state index in [4.69, 9.17) is 11.6 Å². The molecule has 2 heteroatoms. The molecule has 0 aliphatic heterocycles. The maximum Gasteiger partial charge on any atom is 0.0618 e. The van der Waals surface area contributed by atoms with Crippen LogP contribution in [0.25, 0.3) is 21.5 Å². The summed E-state index contributed by atoms with van der Waals surface area (Å²) < 4.78 is 0. The number of halogens is 1. The Labute approximate surface area is 169 Å². The van der Waals surface area contributed by atoms with Gasteiger partial charge in [-0.25, -0.2) is 0 Å². The molecule has 0 aromatic heterocycles. The van der Waals surface area contributed by atoms with E-state index in [2.05, 4.69) is 95.9 Å². The van der Waals surface area contributed by atoms with Crippen molar-refractivity contribution in [1.82, 2.24) is 0 Å². The van der Waals surface area contributed by atoms with Gasteiger partial charge >= 0.3 is 0 Å². The molecule has 0 amide bonds. The number of para-hydroxylation sites is 1. The number of hydrogen-bond donors (Lipinski definition) is 0. The van der Waals surface area contributed by atoms with Gasteiger partial charge in [-0.05, 0) is 53.2 Å². The van der Waals surface area contributed by atoms with Crippen LogP contribution in [0.1, 0.15) is 0 Å². The lowest BCUT2D eigenvalue weighted by molar-refractivity contribution is 1.31. The van der Waals surface area contributed by atoms with Crippen molar-refractivity contribution < 1.29 is 0 Å². The van der Waals surface area contributed by atoms with Gasteiger partial charge in [0, 0.05) is 27.2 Å². The van der Waals surface area contributed by atoms with E-state index >= 15 is 0 Å². The number of anilines is 3. The zero-order chi connectivity index (χ0) is 18.9. The molecule has 28 heavy (non-hydrogen) atoms. The van der Waals surface area contributed by atoms with Gasteiger partial charge in [0.2, 0.25) is 0 Å². The van der Waals surface area contributed by atoms with Crippen molar-refractivity contribution >= 4 is 50.2 Å².